The van der Waals surface area contributed by atoms with Crippen LogP contribution in [0, 0.1) is 19.8 Å². The van der Waals surface area contributed by atoms with Crippen LogP contribution in [0.3, 0.4) is 0 Å². The lowest BCUT2D eigenvalue weighted by Gasteiger charge is -2.36. The Balaban J connectivity index is 0.00000380. The first kappa shape index (κ1) is 28.4. The predicted molar refractivity (Wildman–Crippen MR) is 150 cm³/mol. The van der Waals surface area contributed by atoms with Gasteiger partial charge in [0.1, 0.15) is 0 Å². The Hall–Kier alpha value is -3.22. The van der Waals surface area contributed by atoms with Crippen molar-refractivity contribution >= 4 is 17.3 Å². The molecule has 1 aliphatic heterocycles. The average molecular weight is 508 g/mol. The smallest absolute Gasteiger partial charge is 0.224 e. The first-order valence-corrected chi connectivity index (χ1v) is 13.4. The second-order valence-corrected chi connectivity index (χ2v) is 10.3. The number of hydrogen-bond acceptors (Lipinski definition) is 5. The molecule has 0 N–H and O–H groups in total. The summed E-state index contributed by atoms with van der Waals surface area (Å²) in [4.78, 5) is 19.6. The molecule has 2 aromatic rings. The van der Waals surface area contributed by atoms with E-state index in [1.807, 2.05) is 17.0 Å². The first-order valence-electron chi connectivity index (χ1n) is 13.4. The summed E-state index contributed by atoms with van der Waals surface area (Å²) in [5.74, 6) is 1.66. The van der Waals surface area contributed by atoms with Gasteiger partial charge in [-0.2, -0.15) is 5.10 Å². The third kappa shape index (κ3) is 7.40. The number of allylic oxidation sites excluding steroid dienone is 3. The van der Waals surface area contributed by atoms with Crippen molar-refractivity contribution in [3.8, 4) is 0 Å². The predicted octanol–water partition coefficient (Wildman–Crippen LogP) is 5.39. The number of amides is 1. The number of nitrogens with zero attached hydrogens (tertiary/aromatic N) is 5. The molecule has 7 heteroatoms. The molecule has 0 atom stereocenters. The maximum atomic E-state index is 13.1. The van der Waals surface area contributed by atoms with Crippen molar-refractivity contribution in [3.05, 3.63) is 71.6 Å². The van der Waals surface area contributed by atoms with E-state index in [4.69, 9.17) is 0 Å². The number of rotatable bonds is 8. The van der Waals surface area contributed by atoms with E-state index >= 15 is 0 Å². The SMILES string of the molecule is C=C(/C=C(/C1CCCCC1)N(C)CCC(=O)N1CCN(c2cccnn2)CC1)c1ccc(C)c(C)c1.F. The molecule has 1 saturated carbocycles. The van der Waals surface area contributed by atoms with Crippen LogP contribution in [0.2, 0.25) is 0 Å². The van der Waals surface area contributed by atoms with E-state index in [2.05, 4.69) is 71.7 Å². The van der Waals surface area contributed by atoms with Crippen LogP contribution in [-0.4, -0.2) is 65.7 Å². The minimum absolute atomic E-state index is 0. The minimum atomic E-state index is 0. The van der Waals surface area contributed by atoms with Crippen LogP contribution in [0.5, 0.6) is 0 Å². The van der Waals surface area contributed by atoms with E-state index in [1.165, 1.54) is 54.5 Å². The minimum Gasteiger partial charge on any atom is -0.377 e. The van der Waals surface area contributed by atoms with Crippen LogP contribution < -0.4 is 4.90 Å². The van der Waals surface area contributed by atoms with Crippen molar-refractivity contribution in [1.29, 1.82) is 0 Å². The summed E-state index contributed by atoms with van der Waals surface area (Å²) >= 11 is 0. The van der Waals surface area contributed by atoms with Crippen molar-refractivity contribution < 1.29 is 9.50 Å². The molecule has 0 spiro atoms. The van der Waals surface area contributed by atoms with Gasteiger partial charge in [-0.15, -0.1) is 5.10 Å². The lowest BCUT2D eigenvalue weighted by molar-refractivity contribution is -0.131. The van der Waals surface area contributed by atoms with Gasteiger partial charge in [0.2, 0.25) is 5.91 Å². The molecular weight excluding hydrogens is 465 g/mol. The zero-order chi connectivity index (χ0) is 25.5. The van der Waals surface area contributed by atoms with Crippen LogP contribution in [0.1, 0.15) is 55.2 Å². The Bertz CT molecular complexity index is 1070. The first-order chi connectivity index (χ1) is 17.4. The van der Waals surface area contributed by atoms with Gasteiger partial charge in [0.15, 0.2) is 5.82 Å². The molecular formula is C30H42FN5O. The number of anilines is 1. The fourth-order valence-electron chi connectivity index (χ4n) is 5.34. The quantitative estimate of drug-likeness (QED) is 0.448. The van der Waals surface area contributed by atoms with Gasteiger partial charge in [-0.1, -0.05) is 44.0 Å². The molecule has 0 radical (unpaired) electrons. The van der Waals surface area contributed by atoms with Crippen molar-refractivity contribution in [3.63, 3.8) is 0 Å². The number of piperazine rings is 1. The van der Waals surface area contributed by atoms with E-state index < -0.39 is 0 Å². The van der Waals surface area contributed by atoms with Crippen molar-refractivity contribution in [2.24, 2.45) is 5.92 Å². The highest BCUT2D eigenvalue weighted by molar-refractivity contribution is 5.77. The van der Waals surface area contributed by atoms with Crippen LogP contribution in [0.25, 0.3) is 5.57 Å². The second kappa shape index (κ2) is 13.4. The lowest BCUT2D eigenvalue weighted by Crippen LogP contribution is -2.49. The van der Waals surface area contributed by atoms with Crippen LogP contribution in [0.15, 0.2) is 54.9 Å². The summed E-state index contributed by atoms with van der Waals surface area (Å²) in [5.41, 5.74) is 6.16. The summed E-state index contributed by atoms with van der Waals surface area (Å²) in [6, 6.07) is 10.5. The molecule has 1 amide bonds. The zero-order valence-corrected chi connectivity index (χ0v) is 22.7. The summed E-state index contributed by atoms with van der Waals surface area (Å²) in [6.45, 7) is 12.5. The van der Waals surface area contributed by atoms with Crippen molar-refractivity contribution in [2.45, 2.75) is 52.4 Å². The Morgan fingerprint density at radius 2 is 1.81 bits per heavy atom. The fraction of sp³-hybridized carbons (Fsp3) is 0.500. The largest absolute Gasteiger partial charge is 0.377 e. The van der Waals surface area contributed by atoms with E-state index in [-0.39, 0.29) is 10.6 Å². The van der Waals surface area contributed by atoms with Gasteiger partial charge in [0.05, 0.1) is 0 Å². The van der Waals surface area contributed by atoms with Gasteiger partial charge in [-0.05, 0) is 73.1 Å². The average Bonchev–Trinajstić information content (AvgIpc) is 2.92. The van der Waals surface area contributed by atoms with E-state index in [0.29, 0.717) is 12.3 Å². The monoisotopic (exact) mass is 507 g/mol. The number of aromatic nitrogens is 2. The van der Waals surface area contributed by atoms with E-state index in [9.17, 15) is 4.79 Å². The molecule has 0 unspecified atom stereocenters. The highest BCUT2D eigenvalue weighted by atomic mass is 19.0. The zero-order valence-electron chi connectivity index (χ0n) is 22.7. The molecule has 1 aromatic carbocycles. The molecule has 1 aliphatic carbocycles. The summed E-state index contributed by atoms with van der Waals surface area (Å²) in [6.07, 6.45) is 10.8. The molecule has 2 heterocycles. The Kier molecular flexibility index (Phi) is 10.2. The number of halogens is 1. The highest BCUT2D eigenvalue weighted by Gasteiger charge is 2.24. The molecule has 200 valence electrons. The molecule has 2 aliphatic rings. The highest BCUT2D eigenvalue weighted by Crippen LogP contribution is 2.33. The Morgan fingerprint density at radius 3 is 2.46 bits per heavy atom. The number of carbonyl (C=O) groups is 1. The maximum absolute atomic E-state index is 13.1. The fourth-order valence-corrected chi connectivity index (χ4v) is 5.34. The molecule has 6 nitrogen and oxygen atoms in total. The van der Waals surface area contributed by atoms with Crippen molar-refractivity contribution in [1.82, 2.24) is 20.0 Å². The van der Waals surface area contributed by atoms with Crippen LogP contribution in [-0.2, 0) is 4.79 Å². The van der Waals surface area contributed by atoms with Gasteiger partial charge < -0.3 is 14.7 Å². The Labute approximate surface area is 221 Å². The Morgan fingerprint density at radius 1 is 1.08 bits per heavy atom. The number of carbonyl (C=O) groups excluding carboxylic acids is 1. The van der Waals surface area contributed by atoms with Gasteiger partial charge in [-0.25, -0.2) is 0 Å². The third-order valence-corrected chi connectivity index (χ3v) is 7.84. The molecule has 1 saturated heterocycles. The number of benzene rings is 1. The summed E-state index contributed by atoms with van der Waals surface area (Å²) in [5, 5.41) is 8.18. The summed E-state index contributed by atoms with van der Waals surface area (Å²) < 4.78 is 0. The van der Waals surface area contributed by atoms with Crippen molar-refractivity contribution in [2.75, 3.05) is 44.7 Å². The third-order valence-electron chi connectivity index (χ3n) is 7.84. The molecule has 1 aromatic heterocycles. The van der Waals surface area contributed by atoms with E-state index in [1.54, 1.807) is 6.20 Å². The number of aryl methyl sites for hydroxylation is 2. The summed E-state index contributed by atoms with van der Waals surface area (Å²) in [7, 11) is 2.15. The lowest BCUT2D eigenvalue weighted by atomic mass is 9.85. The molecule has 37 heavy (non-hydrogen) atoms. The number of hydrogen-bond donors (Lipinski definition) is 0. The van der Waals surface area contributed by atoms with Crippen LogP contribution >= 0.6 is 0 Å². The molecule has 2 fully saturated rings. The molecule has 0 bridgehead atoms. The van der Waals surface area contributed by atoms with Gasteiger partial charge in [-0.3, -0.25) is 9.50 Å². The van der Waals surface area contributed by atoms with Crippen LogP contribution in [0.4, 0.5) is 10.5 Å². The van der Waals surface area contributed by atoms with Gasteiger partial charge in [0.25, 0.3) is 0 Å². The van der Waals surface area contributed by atoms with Gasteiger partial charge in [0, 0.05) is 58.1 Å². The molecule has 4 rings (SSSR count). The van der Waals surface area contributed by atoms with E-state index in [0.717, 1.165) is 44.1 Å². The normalized spacial score (nSPS) is 16.8. The maximum Gasteiger partial charge on any atom is 0.224 e. The second-order valence-electron chi connectivity index (χ2n) is 10.3. The van der Waals surface area contributed by atoms with Gasteiger partial charge >= 0.3 is 0 Å². The standard InChI is InChI=1S/C30H41N5O.FH/c1-23-12-13-27(21-24(23)2)25(3)22-28(26-9-6-5-7-10-26)33(4)16-14-30(36)35-19-17-34(18-20-35)29-11-8-15-31-32-29;/h8,11-13,15,21-22,26H,3,5-7,9-10,14,16-20H2,1-2,4H3;1H/b28-22-;. The topological polar surface area (TPSA) is 52.6 Å².